The number of aliphatic hydroxyl groups is 1. The van der Waals surface area contributed by atoms with Crippen molar-refractivity contribution >= 4 is 11.5 Å². The molecule has 0 unspecified atom stereocenters. The maximum atomic E-state index is 10.7. The van der Waals surface area contributed by atoms with E-state index in [1.165, 1.54) is 5.56 Å². The molecular formula is C22H28N4O. The predicted molar refractivity (Wildman–Crippen MR) is 108 cm³/mol. The average Bonchev–Trinajstić information content (AvgIpc) is 3.17. The zero-order chi connectivity index (χ0) is 18.8. The van der Waals surface area contributed by atoms with Crippen molar-refractivity contribution in [3.05, 3.63) is 59.9 Å². The molecule has 1 saturated heterocycles. The summed E-state index contributed by atoms with van der Waals surface area (Å²) in [6.45, 7) is 6.22. The summed E-state index contributed by atoms with van der Waals surface area (Å²) >= 11 is 0. The van der Waals surface area contributed by atoms with Crippen LogP contribution in [0.4, 0.5) is 5.82 Å². The largest absolute Gasteiger partial charge is 0.392 e. The first kappa shape index (κ1) is 18.0. The molecule has 0 aliphatic carbocycles. The molecule has 2 aromatic heterocycles. The minimum Gasteiger partial charge on any atom is -0.392 e. The standard InChI is InChI=1S/C22H28N4O/c1-16(2)19-15-22(26-21(24-19)8-11-23-26)25-12-9-18(10-13-25)20(27)14-17-6-4-3-5-7-17/h3-8,11,15-16,18,20,27H,9-10,12-14H2,1-2H3/t20-/m0/s1. The van der Waals surface area contributed by atoms with Crippen LogP contribution in [0.2, 0.25) is 0 Å². The highest BCUT2D eigenvalue weighted by Crippen LogP contribution is 2.28. The first-order valence-corrected chi connectivity index (χ1v) is 9.93. The average molecular weight is 364 g/mol. The number of fused-ring (bicyclic) bond motifs is 1. The van der Waals surface area contributed by atoms with Gasteiger partial charge in [0.1, 0.15) is 5.82 Å². The Hall–Kier alpha value is -2.40. The van der Waals surface area contributed by atoms with Gasteiger partial charge in [0.05, 0.1) is 12.3 Å². The number of hydrogen-bond donors (Lipinski definition) is 1. The molecule has 0 radical (unpaired) electrons. The number of aromatic nitrogens is 3. The molecule has 3 heterocycles. The zero-order valence-corrected chi connectivity index (χ0v) is 16.1. The van der Waals surface area contributed by atoms with Crippen LogP contribution in [0.5, 0.6) is 0 Å². The molecule has 142 valence electrons. The second kappa shape index (κ2) is 7.69. The lowest BCUT2D eigenvalue weighted by atomic mass is 9.88. The summed E-state index contributed by atoms with van der Waals surface area (Å²) in [7, 11) is 0. The quantitative estimate of drug-likeness (QED) is 0.750. The normalized spacial score (nSPS) is 17.0. The number of anilines is 1. The van der Waals surface area contributed by atoms with Crippen molar-refractivity contribution in [1.82, 2.24) is 14.6 Å². The summed E-state index contributed by atoms with van der Waals surface area (Å²) in [6.07, 6.45) is 4.27. The summed E-state index contributed by atoms with van der Waals surface area (Å²) in [6, 6.07) is 14.4. The van der Waals surface area contributed by atoms with Gasteiger partial charge in [0.15, 0.2) is 5.65 Å². The van der Waals surface area contributed by atoms with Gasteiger partial charge in [-0.25, -0.2) is 4.98 Å². The third-order valence-electron chi connectivity index (χ3n) is 5.65. The lowest BCUT2D eigenvalue weighted by Gasteiger charge is -2.35. The van der Waals surface area contributed by atoms with Crippen LogP contribution in [0, 0.1) is 5.92 Å². The van der Waals surface area contributed by atoms with Crippen LogP contribution in [0.25, 0.3) is 5.65 Å². The van der Waals surface area contributed by atoms with E-state index in [2.05, 4.69) is 42.0 Å². The Labute approximate surface area is 160 Å². The maximum Gasteiger partial charge on any atom is 0.157 e. The van der Waals surface area contributed by atoms with Gasteiger partial charge in [0, 0.05) is 30.9 Å². The number of benzene rings is 1. The number of aliphatic hydroxyl groups excluding tert-OH is 1. The minimum absolute atomic E-state index is 0.275. The highest BCUT2D eigenvalue weighted by atomic mass is 16.3. The molecule has 5 nitrogen and oxygen atoms in total. The predicted octanol–water partition coefficient (Wildman–Crippen LogP) is 3.67. The van der Waals surface area contributed by atoms with Gasteiger partial charge in [0.25, 0.3) is 0 Å². The Bertz CT molecular complexity index is 882. The fourth-order valence-corrected chi connectivity index (χ4v) is 3.97. The molecule has 1 atom stereocenters. The molecule has 1 N–H and O–H groups in total. The molecule has 4 rings (SSSR count). The van der Waals surface area contributed by atoms with Crippen molar-refractivity contribution < 1.29 is 5.11 Å². The summed E-state index contributed by atoms with van der Waals surface area (Å²) in [5, 5.41) is 15.2. The Kier molecular flexibility index (Phi) is 5.12. The fraction of sp³-hybridized carbons (Fsp3) is 0.455. The molecule has 0 spiro atoms. The van der Waals surface area contributed by atoms with E-state index in [-0.39, 0.29) is 6.10 Å². The summed E-state index contributed by atoms with van der Waals surface area (Å²) < 4.78 is 1.94. The molecule has 1 aromatic carbocycles. The van der Waals surface area contributed by atoms with Crippen LogP contribution in [-0.4, -0.2) is 38.9 Å². The van der Waals surface area contributed by atoms with E-state index in [1.807, 2.05) is 35.0 Å². The molecule has 0 bridgehead atoms. The SMILES string of the molecule is CC(C)c1cc(N2CCC([C@@H](O)Cc3ccccc3)CC2)n2nccc2n1. The van der Waals surface area contributed by atoms with E-state index in [0.717, 1.165) is 49.5 Å². The van der Waals surface area contributed by atoms with Crippen molar-refractivity contribution in [3.63, 3.8) is 0 Å². The smallest absolute Gasteiger partial charge is 0.157 e. The highest BCUT2D eigenvalue weighted by molar-refractivity contribution is 5.51. The molecule has 5 heteroatoms. The van der Waals surface area contributed by atoms with Crippen molar-refractivity contribution in [2.75, 3.05) is 18.0 Å². The van der Waals surface area contributed by atoms with E-state index in [9.17, 15) is 5.11 Å². The number of nitrogens with zero attached hydrogens (tertiary/aromatic N) is 4. The van der Waals surface area contributed by atoms with Gasteiger partial charge in [-0.1, -0.05) is 44.2 Å². The van der Waals surface area contributed by atoms with Gasteiger partial charge in [-0.15, -0.1) is 0 Å². The molecule has 0 saturated carbocycles. The number of rotatable bonds is 5. The van der Waals surface area contributed by atoms with Crippen LogP contribution in [0.1, 0.15) is 43.9 Å². The maximum absolute atomic E-state index is 10.7. The van der Waals surface area contributed by atoms with Crippen molar-refractivity contribution in [3.8, 4) is 0 Å². The third kappa shape index (κ3) is 3.83. The lowest BCUT2D eigenvalue weighted by Crippen LogP contribution is -2.39. The van der Waals surface area contributed by atoms with Gasteiger partial charge in [-0.2, -0.15) is 9.61 Å². The minimum atomic E-state index is -0.275. The van der Waals surface area contributed by atoms with Crippen LogP contribution in [-0.2, 0) is 6.42 Å². The van der Waals surface area contributed by atoms with Gasteiger partial charge < -0.3 is 10.0 Å². The number of piperidine rings is 1. The summed E-state index contributed by atoms with van der Waals surface area (Å²) in [4.78, 5) is 7.10. The van der Waals surface area contributed by atoms with Crippen molar-refractivity contribution in [2.24, 2.45) is 5.92 Å². The Balaban J connectivity index is 1.46. The van der Waals surface area contributed by atoms with E-state index < -0.39 is 0 Å². The molecule has 27 heavy (non-hydrogen) atoms. The summed E-state index contributed by atoms with van der Waals surface area (Å²) in [5.74, 6) is 1.85. The van der Waals surface area contributed by atoms with Gasteiger partial charge in [-0.05, 0) is 36.7 Å². The van der Waals surface area contributed by atoms with Crippen LogP contribution in [0.15, 0.2) is 48.7 Å². The second-order valence-electron chi connectivity index (χ2n) is 7.88. The fourth-order valence-electron chi connectivity index (χ4n) is 3.97. The Morgan fingerprint density at radius 1 is 1.11 bits per heavy atom. The van der Waals surface area contributed by atoms with Crippen molar-refractivity contribution in [2.45, 2.75) is 45.1 Å². The van der Waals surface area contributed by atoms with E-state index in [1.54, 1.807) is 0 Å². The molecular weight excluding hydrogens is 336 g/mol. The van der Waals surface area contributed by atoms with Crippen molar-refractivity contribution in [1.29, 1.82) is 0 Å². The van der Waals surface area contributed by atoms with E-state index >= 15 is 0 Å². The topological polar surface area (TPSA) is 53.7 Å². The Morgan fingerprint density at radius 3 is 2.56 bits per heavy atom. The molecule has 1 aliphatic rings. The van der Waals surface area contributed by atoms with Crippen LogP contribution < -0.4 is 4.90 Å². The third-order valence-corrected chi connectivity index (χ3v) is 5.65. The molecule has 1 fully saturated rings. The van der Waals surface area contributed by atoms with E-state index in [4.69, 9.17) is 4.98 Å². The van der Waals surface area contributed by atoms with E-state index in [0.29, 0.717) is 11.8 Å². The monoisotopic (exact) mass is 364 g/mol. The lowest BCUT2D eigenvalue weighted by molar-refractivity contribution is 0.0928. The first-order valence-electron chi connectivity index (χ1n) is 9.93. The van der Waals surface area contributed by atoms with Gasteiger partial charge in [0.2, 0.25) is 0 Å². The Morgan fingerprint density at radius 2 is 1.85 bits per heavy atom. The second-order valence-corrected chi connectivity index (χ2v) is 7.88. The van der Waals surface area contributed by atoms with Crippen LogP contribution in [0.3, 0.4) is 0 Å². The van der Waals surface area contributed by atoms with Gasteiger partial charge >= 0.3 is 0 Å². The first-order chi connectivity index (χ1) is 13.1. The molecule has 3 aromatic rings. The van der Waals surface area contributed by atoms with Crippen LogP contribution >= 0.6 is 0 Å². The number of hydrogen-bond acceptors (Lipinski definition) is 4. The zero-order valence-electron chi connectivity index (χ0n) is 16.1. The van der Waals surface area contributed by atoms with Gasteiger partial charge in [-0.3, -0.25) is 0 Å². The molecule has 0 amide bonds. The highest BCUT2D eigenvalue weighted by Gasteiger charge is 2.27. The summed E-state index contributed by atoms with van der Waals surface area (Å²) in [5.41, 5.74) is 3.22. The molecule has 1 aliphatic heterocycles.